The minimum absolute atomic E-state index is 0.339. The summed E-state index contributed by atoms with van der Waals surface area (Å²) in [5, 5.41) is 19.2. The number of halogens is 1. The van der Waals surface area contributed by atoms with E-state index in [1.54, 1.807) is 43.3 Å². The Kier molecular flexibility index (Phi) is 3.14. The molecular weight excluding hydrogens is 229 g/mol. The van der Waals surface area contributed by atoms with Gasteiger partial charge >= 0.3 is 0 Å². The van der Waals surface area contributed by atoms with E-state index in [0.29, 0.717) is 16.7 Å². The van der Waals surface area contributed by atoms with Gasteiger partial charge in [0, 0.05) is 0 Å². The summed E-state index contributed by atoms with van der Waals surface area (Å²) in [6, 6.07) is 14.4. The van der Waals surface area contributed by atoms with Gasteiger partial charge in [-0.25, -0.2) is 4.39 Å². The molecule has 90 valence electrons. The molecule has 2 rings (SSSR count). The minimum atomic E-state index is -1.21. The van der Waals surface area contributed by atoms with E-state index in [1.165, 1.54) is 12.1 Å². The lowest BCUT2D eigenvalue weighted by Gasteiger charge is -2.24. The first-order chi connectivity index (χ1) is 8.54. The number of rotatable bonds is 2. The third kappa shape index (κ3) is 2.24. The molecule has 2 nitrogen and oxygen atoms in total. The topological polar surface area (TPSA) is 44.0 Å². The molecule has 2 aromatic carbocycles. The van der Waals surface area contributed by atoms with Gasteiger partial charge in [0.1, 0.15) is 11.4 Å². The van der Waals surface area contributed by atoms with Crippen molar-refractivity contribution in [1.82, 2.24) is 0 Å². The Hall–Kier alpha value is -2.18. The number of nitriles is 1. The molecule has 0 radical (unpaired) electrons. The van der Waals surface area contributed by atoms with Crippen molar-refractivity contribution in [3.63, 3.8) is 0 Å². The van der Waals surface area contributed by atoms with Gasteiger partial charge in [0.2, 0.25) is 0 Å². The van der Waals surface area contributed by atoms with Crippen LogP contribution in [0.15, 0.2) is 48.5 Å². The number of hydrogen-bond donors (Lipinski definition) is 1. The van der Waals surface area contributed by atoms with Gasteiger partial charge in [-0.15, -0.1) is 0 Å². The molecule has 0 heterocycles. The molecule has 18 heavy (non-hydrogen) atoms. The summed E-state index contributed by atoms with van der Waals surface area (Å²) < 4.78 is 12.9. The van der Waals surface area contributed by atoms with Crippen LogP contribution in [0.3, 0.4) is 0 Å². The highest BCUT2D eigenvalue weighted by Crippen LogP contribution is 2.29. The molecule has 1 atom stereocenters. The average Bonchev–Trinajstić information content (AvgIpc) is 2.39. The molecular formula is C15H12FNO. The normalized spacial score (nSPS) is 13.7. The molecule has 0 amide bonds. The van der Waals surface area contributed by atoms with Gasteiger partial charge in [0.05, 0.1) is 11.6 Å². The van der Waals surface area contributed by atoms with Gasteiger partial charge in [-0.05, 0) is 42.3 Å². The fourth-order valence-corrected chi connectivity index (χ4v) is 1.81. The highest BCUT2D eigenvalue weighted by molar-refractivity contribution is 5.39. The van der Waals surface area contributed by atoms with E-state index < -0.39 is 5.60 Å². The predicted molar refractivity (Wildman–Crippen MR) is 66.2 cm³/mol. The first-order valence-corrected chi connectivity index (χ1v) is 5.53. The maximum absolute atomic E-state index is 12.9. The highest BCUT2D eigenvalue weighted by atomic mass is 19.1. The van der Waals surface area contributed by atoms with E-state index in [0.717, 1.165) is 0 Å². The van der Waals surface area contributed by atoms with E-state index in [4.69, 9.17) is 5.26 Å². The maximum Gasteiger partial charge on any atom is 0.123 e. The Bertz CT molecular complexity index is 579. The molecule has 1 N–H and O–H groups in total. The van der Waals surface area contributed by atoms with Gasteiger partial charge in [-0.3, -0.25) is 0 Å². The van der Waals surface area contributed by atoms with Crippen molar-refractivity contribution in [3.8, 4) is 6.07 Å². The second-order valence-corrected chi connectivity index (χ2v) is 4.27. The lowest BCUT2D eigenvalue weighted by Crippen LogP contribution is -2.22. The fourth-order valence-electron chi connectivity index (χ4n) is 1.81. The first kappa shape index (κ1) is 12.3. The molecule has 1 unspecified atom stereocenters. The predicted octanol–water partition coefficient (Wildman–Crippen LogP) is 2.95. The fraction of sp³-hybridized carbons (Fsp3) is 0.133. The van der Waals surface area contributed by atoms with Crippen LogP contribution in [0.5, 0.6) is 0 Å². The quantitative estimate of drug-likeness (QED) is 0.878. The summed E-state index contributed by atoms with van der Waals surface area (Å²) in [6.45, 7) is 1.64. The summed E-state index contributed by atoms with van der Waals surface area (Å²) in [5.41, 5.74) is 0.595. The molecule has 0 aliphatic heterocycles. The molecule has 0 aliphatic rings. The van der Waals surface area contributed by atoms with Crippen molar-refractivity contribution >= 4 is 0 Å². The van der Waals surface area contributed by atoms with Crippen molar-refractivity contribution in [2.24, 2.45) is 0 Å². The zero-order valence-corrected chi connectivity index (χ0v) is 9.89. The van der Waals surface area contributed by atoms with Crippen LogP contribution in [-0.4, -0.2) is 5.11 Å². The third-order valence-corrected chi connectivity index (χ3v) is 2.98. The Morgan fingerprint density at radius 1 is 1.00 bits per heavy atom. The highest BCUT2D eigenvalue weighted by Gasteiger charge is 2.25. The zero-order valence-electron chi connectivity index (χ0n) is 9.89. The molecule has 0 spiro atoms. The maximum atomic E-state index is 12.9. The van der Waals surface area contributed by atoms with Crippen molar-refractivity contribution in [2.45, 2.75) is 12.5 Å². The van der Waals surface area contributed by atoms with E-state index in [1.807, 2.05) is 6.07 Å². The summed E-state index contributed by atoms with van der Waals surface area (Å²) in [6.07, 6.45) is 0. The van der Waals surface area contributed by atoms with Gasteiger partial charge in [-0.1, -0.05) is 24.3 Å². The molecule has 0 fully saturated rings. The largest absolute Gasteiger partial charge is 0.381 e. The van der Waals surface area contributed by atoms with Crippen molar-refractivity contribution < 1.29 is 9.50 Å². The summed E-state index contributed by atoms with van der Waals surface area (Å²) in [7, 11) is 0. The van der Waals surface area contributed by atoms with Crippen LogP contribution in [0.1, 0.15) is 23.6 Å². The van der Waals surface area contributed by atoms with E-state index >= 15 is 0 Å². The number of benzene rings is 2. The van der Waals surface area contributed by atoms with E-state index in [9.17, 15) is 9.50 Å². The van der Waals surface area contributed by atoms with Gasteiger partial charge < -0.3 is 5.11 Å². The number of aliphatic hydroxyl groups is 1. The third-order valence-electron chi connectivity index (χ3n) is 2.98. The summed E-state index contributed by atoms with van der Waals surface area (Å²) in [4.78, 5) is 0. The molecule has 0 saturated carbocycles. The summed E-state index contributed by atoms with van der Waals surface area (Å²) in [5.74, 6) is -0.339. The second kappa shape index (κ2) is 4.59. The van der Waals surface area contributed by atoms with E-state index in [2.05, 4.69) is 0 Å². The average molecular weight is 241 g/mol. The zero-order chi connectivity index (χ0) is 13.2. The van der Waals surface area contributed by atoms with Crippen LogP contribution in [0.2, 0.25) is 0 Å². The minimum Gasteiger partial charge on any atom is -0.381 e. The SMILES string of the molecule is CC(O)(c1ccc(F)cc1)c1ccc(C#N)cc1. The van der Waals surface area contributed by atoms with E-state index in [-0.39, 0.29) is 5.82 Å². The smallest absolute Gasteiger partial charge is 0.123 e. The number of nitrogens with zero attached hydrogens (tertiary/aromatic N) is 1. The Morgan fingerprint density at radius 2 is 1.44 bits per heavy atom. The monoisotopic (exact) mass is 241 g/mol. The summed E-state index contributed by atoms with van der Waals surface area (Å²) >= 11 is 0. The first-order valence-electron chi connectivity index (χ1n) is 5.53. The van der Waals surface area contributed by atoms with Crippen LogP contribution in [-0.2, 0) is 5.60 Å². The van der Waals surface area contributed by atoms with Gasteiger partial charge in [0.25, 0.3) is 0 Å². The molecule has 3 heteroatoms. The van der Waals surface area contributed by atoms with Crippen molar-refractivity contribution in [2.75, 3.05) is 0 Å². The van der Waals surface area contributed by atoms with Crippen LogP contribution in [0, 0.1) is 17.1 Å². The van der Waals surface area contributed by atoms with Crippen molar-refractivity contribution in [3.05, 3.63) is 71.0 Å². The van der Waals surface area contributed by atoms with Crippen LogP contribution < -0.4 is 0 Å². The van der Waals surface area contributed by atoms with Gasteiger partial charge in [0.15, 0.2) is 0 Å². The molecule has 2 aromatic rings. The molecule has 0 saturated heterocycles. The number of hydrogen-bond acceptors (Lipinski definition) is 2. The molecule has 0 bridgehead atoms. The standard InChI is InChI=1S/C15H12FNO/c1-15(18,13-6-8-14(16)9-7-13)12-4-2-11(10-17)3-5-12/h2-9,18H,1H3. The van der Waals surface area contributed by atoms with Crippen LogP contribution in [0.25, 0.3) is 0 Å². The molecule has 0 aromatic heterocycles. The van der Waals surface area contributed by atoms with Crippen molar-refractivity contribution in [1.29, 1.82) is 5.26 Å². The van der Waals surface area contributed by atoms with Crippen LogP contribution >= 0.6 is 0 Å². The Labute approximate surface area is 105 Å². The Balaban J connectivity index is 2.40. The lowest BCUT2D eigenvalue weighted by molar-refractivity contribution is 0.102. The lowest BCUT2D eigenvalue weighted by atomic mass is 9.88. The Morgan fingerprint density at radius 3 is 1.89 bits per heavy atom. The second-order valence-electron chi connectivity index (χ2n) is 4.27. The van der Waals surface area contributed by atoms with Gasteiger partial charge in [-0.2, -0.15) is 5.26 Å². The molecule has 0 aliphatic carbocycles. The van der Waals surface area contributed by atoms with Crippen LogP contribution in [0.4, 0.5) is 4.39 Å².